The van der Waals surface area contributed by atoms with Gasteiger partial charge >= 0.3 is 0 Å². The highest BCUT2D eigenvalue weighted by Gasteiger charge is 2.34. The molecule has 1 aliphatic heterocycles. The third-order valence-corrected chi connectivity index (χ3v) is 5.70. The van der Waals surface area contributed by atoms with Gasteiger partial charge in [0.25, 0.3) is 5.91 Å². The molecule has 0 saturated carbocycles. The van der Waals surface area contributed by atoms with Crippen molar-refractivity contribution in [2.75, 3.05) is 12.3 Å². The van der Waals surface area contributed by atoms with Gasteiger partial charge < -0.3 is 9.32 Å². The number of hydrogen-bond donors (Lipinski definition) is 0. The van der Waals surface area contributed by atoms with E-state index in [1.165, 1.54) is 6.26 Å². The van der Waals surface area contributed by atoms with Crippen molar-refractivity contribution in [3.05, 3.63) is 54.5 Å². The molecule has 0 aliphatic carbocycles. The van der Waals surface area contributed by atoms with Crippen LogP contribution in [0.4, 0.5) is 0 Å². The summed E-state index contributed by atoms with van der Waals surface area (Å²) in [6, 6.07) is 11.3. The van der Waals surface area contributed by atoms with E-state index in [9.17, 15) is 13.2 Å². The summed E-state index contributed by atoms with van der Waals surface area (Å²) in [5.74, 6) is -0.0384. The zero-order valence-electron chi connectivity index (χ0n) is 12.0. The summed E-state index contributed by atoms with van der Waals surface area (Å²) >= 11 is 0. The zero-order chi connectivity index (χ0) is 15.6. The molecule has 0 radical (unpaired) electrons. The number of hydrogen-bond acceptors (Lipinski definition) is 4. The molecule has 1 saturated heterocycles. The maximum absolute atomic E-state index is 12.5. The van der Waals surface area contributed by atoms with E-state index in [4.69, 9.17) is 4.42 Å². The van der Waals surface area contributed by atoms with Gasteiger partial charge in [0.15, 0.2) is 15.6 Å². The summed E-state index contributed by atoms with van der Waals surface area (Å²) in [5, 5.41) is 0. The van der Waals surface area contributed by atoms with Crippen molar-refractivity contribution in [1.82, 2.24) is 4.90 Å². The van der Waals surface area contributed by atoms with E-state index < -0.39 is 9.84 Å². The highest BCUT2D eigenvalue weighted by Crippen LogP contribution is 2.24. The quantitative estimate of drug-likeness (QED) is 0.867. The molecular formula is C16H17NO4S. The summed E-state index contributed by atoms with van der Waals surface area (Å²) in [7, 11) is -3.40. The molecule has 1 atom stereocenters. The average Bonchev–Trinajstić information content (AvgIpc) is 3.18. The van der Waals surface area contributed by atoms with Gasteiger partial charge in [-0.3, -0.25) is 4.79 Å². The number of amides is 1. The van der Waals surface area contributed by atoms with Gasteiger partial charge in [-0.25, -0.2) is 8.42 Å². The van der Waals surface area contributed by atoms with Crippen molar-refractivity contribution in [1.29, 1.82) is 0 Å². The smallest absolute Gasteiger partial charge is 0.289 e. The van der Waals surface area contributed by atoms with Crippen LogP contribution in [0.3, 0.4) is 0 Å². The normalized spacial score (nSPS) is 18.5. The number of likely N-dealkylation sites (tertiary alicyclic amines) is 1. The topological polar surface area (TPSA) is 67.6 Å². The number of nitrogens with zero attached hydrogens (tertiary/aromatic N) is 1. The van der Waals surface area contributed by atoms with E-state index in [2.05, 4.69) is 0 Å². The highest BCUT2D eigenvalue weighted by atomic mass is 32.2. The first-order chi connectivity index (χ1) is 10.6. The molecule has 116 valence electrons. The maximum atomic E-state index is 12.5. The van der Waals surface area contributed by atoms with Crippen molar-refractivity contribution >= 4 is 15.7 Å². The molecule has 2 aromatic rings. The van der Waals surface area contributed by atoms with Gasteiger partial charge in [-0.15, -0.1) is 0 Å². The standard InChI is InChI=1S/C16H17NO4S/c18-16(15-9-5-11-21-15)17-10-4-6-13(17)12-22(19,20)14-7-2-1-3-8-14/h1-3,5,7-9,11,13H,4,6,10,12H2/t13-/m0/s1. The summed E-state index contributed by atoms with van der Waals surface area (Å²) in [5.41, 5.74) is 0. The molecule has 0 bridgehead atoms. The molecular weight excluding hydrogens is 302 g/mol. The molecule has 1 amide bonds. The zero-order valence-corrected chi connectivity index (χ0v) is 12.8. The van der Waals surface area contributed by atoms with Crippen LogP contribution in [-0.2, 0) is 9.84 Å². The van der Waals surface area contributed by atoms with Crippen LogP contribution in [0.1, 0.15) is 23.4 Å². The number of furan rings is 1. The van der Waals surface area contributed by atoms with Crippen molar-refractivity contribution in [2.45, 2.75) is 23.8 Å². The van der Waals surface area contributed by atoms with Crippen LogP contribution in [0.15, 0.2) is 58.0 Å². The van der Waals surface area contributed by atoms with E-state index in [1.807, 2.05) is 0 Å². The van der Waals surface area contributed by atoms with Crippen LogP contribution < -0.4 is 0 Å². The molecule has 5 nitrogen and oxygen atoms in total. The van der Waals surface area contributed by atoms with E-state index in [1.54, 1.807) is 47.4 Å². The molecule has 1 aromatic heterocycles. The Morgan fingerprint density at radius 1 is 1.18 bits per heavy atom. The second-order valence-corrected chi connectivity index (χ2v) is 7.40. The molecule has 0 unspecified atom stereocenters. The molecule has 0 spiro atoms. The van der Waals surface area contributed by atoms with Gasteiger partial charge in [0.1, 0.15) is 0 Å². The summed E-state index contributed by atoms with van der Waals surface area (Å²) < 4.78 is 30.1. The monoisotopic (exact) mass is 319 g/mol. The van der Waals surface area contributed by atoms with Crippen LogP contribution in [0, 0.1) is 0 Å². The minimum atomic E-state index is -3.40. The van der Waals surface area contributed by atoms with Gasteiger partial charge in [-0.1, -0.05) is 18.2 Å². The number of carbonyl (C=O) groups is 1. The highest BCUT2D eigenvalue weighted by molar-refractivity contribution is 7.91. The second kappa shape index (κ2) is 5.96. The molecule has 6 heteroatoms. The third kappa shape index (κ3) is 2.92. The molecule has 3 rings (SSSR count). The lowest BCUT2D eigenvalue weighted by atomic mass is 10.2. The van der Waals surface area contributed by atoms with Crippen molar-refractivity contribution < 1.29 is 17.6 Å². The lowest BCUT2D eigenvalue weighted by Crippen LogP contribution is -2.39. The Morgan fingerprint density at radius 2 is 1.95 bits per heavy atom. The molecule has 2 heterocycles. The van der Waals surface area contributed by atoms with Crippen LogP contribution in [0.5, 0.6) is 0 Å². The Bertz CT molecular complexity index is 738. The van der Waals surface area contributed by atoms with Crippen LogP contribution >= 0.6 is 0 Å². The van der Waals surface area contributed by atoms with Crippen LogP contribution in [0.25, 0.3) is 0 Å². The molecule has 1 aliphatic rings. The summed E-state index contributed by atoms with van der Waals surface area (Å²) in [6.45, 7) is 0.564. The Kier molecular flexibility index (Phi) is 4.02. The molecule has 1 aromatic carbocycles. The van der Waals surface area contributed by atoms with E-state index >= 15 is 0 Å². The van der Waals surface area contributed by atoms with E-state index in [-0.39, 0.29) is 23.5 Å². The number of rotatable bonds is 4. The molecule has 22 heavy (non-hydrogen) atoms. The van der Waals surface area contributed by atoms with Gasteiger partial charge in [-0.2, -0.15) is 0 Å². The van der Waals surface area contributed by atoms with Crippen LogP contribution in [0.2, 0.25) is 0 Å². The van der Waals surface area contributed by atoms with Crippen molar-refractivity contribution in [3.63, 3.8) is 0 Å². The lowest BCUT2D eigenvalue weighted by molar-refractivity contribution is 0.0717. The molecule has 1 fully saturated rings. The minimum absolute atomic E-state index is 0.0521. The Morgan fingerprint density at radius 3 is 2.64 bits per heavy atom. The van der Waals surface area contributed by atoms with Gasteiger partial charge in [0.05, 0.1) is 16.9 Å². The van der Waals surface area contributed by atoms with Crippen molar-refractivity contribution in [3.8, 4) is 0 Å². The Balaban J connectivity index is 1.78. The predicted molar refractivity (Wildman–Crippen MR) is 81.3 cm³/mol. The minimum Gasteiger partial charge on any atom is -0.459 e. The van der Waals surface area contributed by atoms with E-state index in [0.29, 0.717) is 17.9 Å². The number of carbonyl (C=O) groups excluding carboxylic acids is 1. The van der Waals surface area contributed by atoms with E-state index in [0.717, 1.165) is 6.42 Å². The number of sulfone groups is 1. The van der Waals surface area contributed by atoms with Crippen LogP contribution in [-0.4, -0.2) is 37.6 Å². The van der Waals surface area contributed by atoms with Crippen molar-refractivity contribution in [2.24, 2.45) is 0 Å². The largest absolute Gasteiger partial charge is 0.459 e. The third-order valence-electron chi connectivity index (χ3n) is 3.88. The first-order valence-corrected chi connectivity index (χ1v) is 8.85. The second-order valence-electron chi connectivity index (χ2n) is 5.37. The first-order valence-electron chi connectivity index (χ1n) is 7.20. The fourth-order valence-corrected chi connectivity index (χ4v) is 4.41. The Hall–Kier alpha value is -2.08. The fourth-order valence-electron chi connectivity index (χ4n) is 2.80. The predicted octanol–water partition coefficient (Wildman–Crippen LogP) is 2.36. The maximum Gasteiger partial charge on any atom is 0.289 e. The molecule has 0 N–H and O–H groups in total. The fraction of sp³-hybridized carbons (Fsp3) is 0.312. The van der Waals surface area contributed by atoms with Gasteiger partial charge in [0.2, 0.25) is 0 Å². The summed E-state index contributed by atoms with van der Waals surface area (Å²) in [6.07, 6.45) is 2.94. The lowest BCUT2D eigenvalue weighted by Gasteiger charge is -2.23. The Labute approximate surface area is 129 Å². The van der Waals surface area contributed by atoms with Gasteiger partial charge in [-0.05, 0) is 37.1 Å². The first kappa shape index (κ1) is 14.8. The number of benzene rings is 1. The SMILES string of the molecule is O=C(c1ccco1)N1CCC[C@H]1CS(=O)(=O)c1ccccc1. The average molecular weight is 319 g/mol. The summed E-state index contributed by atoms with van der Waals surface area (Å²) in [4.78, 5) is 14.3. The van der Waals surface area contributed by atoms with Gasteiger partial charge in [0, 0.05) is 12.6 Å².